The molecule has 0 amide bonds. The Morgan fingerprint density at radius 1 is 0.400 bits per heavy atom. The van der Waals surface area contributed by atoms with Gasteiger partial charge in [-0.2, -0.15) is 0 Å². The monoisotopic (exact) mass is 642 g/mol. The summed E-state index contributed by atoms with van der Waals surface area (Å²) in [5.74, 6) is 0.553. The van der Waals surface area contributed by atoms with E-state index in [1.807, 2.05) is 0 Å². The van der Waals surface area contributed by atoms with Crippen molar-refractivity contribution in [1.29, 1.82) is 0 Å². The van der Waals surface area contributed by atoms with Crippen LogP contribution in [0.2, 0.25) is 0 Å². The summed E-state index contributed by atoms with van der Waals surface area (Å²) in [5.41, 5.74) is 11.0. The highest BCUT2D eigenvalue weighted by molar-refractivity contribution is 6.21. The molecule has 8 aromatic carbocycles. The summed E-state index contributed by atoms with van der Waals surface area (Å²) in [6.07, 6.45) is 0. The highest BCUT2D eigenvalue weighted by Crippen LogP contribution is 2.45. The van der Waals surface area contributed by atoms with E-state index in [1.165, 1.54) is 65.6 Å². The van der Waals surface area contributed by atoms with Crippen molar-refractivity contribution in [2.24, 2.45) is 5.92 Å². The summed E-state index contributed by atoms with van der Waals surface area (Å²) >= 11 is 0. The number of para-hydroxylation sites is 2. The first-order valence-corrected chi connectivity index (χ1v) is 17.6. The lowest BCUT2D eigenvalue weighted by Crippen LogP contribution is -2.10. The van der Waals surface area contributed by atoms with Gasteiger partial charge >= 0.3 is 0 Å². The van der Waals surface area contributed by atoms with Gasteiger partial charge in [-0.15, -0.1) is 0 Å². The third-order valence-electron chi connectivity index (χ3n) is 9.98. The van der Waals surface area contributed by atoms with Crippen LogP contribution in [0.25, 0.3) is 65.6 Å². The highest BCUT2D eigenvalue weighted by atomic mass is 15.1. The van der Waals surface area contributed by atoms with Gasteiger partial charge in [-0.05, 0) is 98.2 Å². The molecule has 2 heteroatoms. The van der Waals surface area contributed by atoms with Crippen LogP contribution in [0.1, 0.15) is 13.8 Å². The molecule has 0 saturated heterocycles. The Morgan fingerprint density at radius 3 is 1.42 bits per heavy atom. The van der Waals surface area contributed by atoms with Crippen molar-refractivity contribution < 1.29 is 0 Å². The van der Waals surface area contributed by atoms with Gasteiger partial charge < -0.3 is 9.47 Å². The average Bonchev–Trinajstić information content (AvgIpc) is 3.47. The van der Waals surface area contributed by atoms with Crippen LogP contribution in [-0.4, -0.2) is 4.57 Å². The van der Waals surface area contributed by atoms with Crippen molar-refractivity contribution in [2.45, 2.75) is 20.4 Å². The van der Waals surface area contributed by atoms with Gasteiger partial charge in [0.1, 0.15) is 0 Å². The van der Waals surface area contributed by atoms with E-state index in [2.05, 4.69) is 199 Å². The molecule has 0 spiro atoms. The predicted octanol–water partition coefficient (Wildman–Crippen LogP) is 13.6. The second-order valence-corrected chi connectivity index (χ2v) is 13.6. The molecular weight excluding hydrogens is 605 g/mol. The molecule has 0 fully saturated rings. The molecule has 2 nitrogen and oxygen atoms in total. The third kappa shape index (κ3) is 5.04. The molecule has 0 atom stereocenters. The molecule has 0 bridgehead atoms. The first-order valence-electron chi connectivity index (χ1n) is 17.6. The zero-order valence-electron chi connectivity index (χ0n) is 28.4. The van der Waals surface area contributed by atoms with Gasteiger partial charge in [-0.1, -0.05) is 141 Å². The van der Waals surface area contributed by atoms with E-state index in [-0.39, 0.29) is 0 Å². The number of anilines is 3. The number of rotatable bonds is 7. The summed E-state index contributed by atoms with van der Waals surface area (Å²) in [5, 5.41) is 7.65. The van der Waals surface area contributed by atoms with Crippen LogP contribution in [0.3, 0.4) is 0 Å². The Labute approximate surface area is 293 Å². The van der Waals surface area contributed by atoms with Crippen LogP contribution in [0, 0.1) is 5.92 Å². The van der Waals surface area contributed by atoms with Gasteiger partial charge in [0.15, 0.2) is 0 Å². The Morgan fingerprint density at radius 2 is 0.840 bits per heavy atom. The number of nitrogens with zero attached hydrogens (tertiary/aromatic N) is 2. The second kappa shape index (κ2) is 12.4. The normalized spacial score (nSPS) is 11.7. The zero-order valence-corrected chi connectivity index (χ0v) is 28.4. The van der Waals surface area contributed by atoms with Gasteiger partial charge in [0.05, 0.1) is 0 Å². The molecule has 0 aliphatic rings. The van der Waals surface area contributed by atoms with Crippen LogP contribution in [0.15, 0.2) is 176 Å². The fraction of sp³-hybridized carbons (Fsp3) is 0.0833. The molecule has 9 aromatic rings. The molecule has 1 aromatic heterocycles. The van der Waals surface area contributed by atoms with Crippen molar-refractivity contribution in [3.8, 4) is 22.3 Å². The van der Waals surface area contributed by atoms with Crippen molar-refractivity contribution >= 4 is 60.4 Å². The van der Waals surface area contributed by atoms with E-state index in [0.717, 1.165) is 23.6 Å². The van der Waals surface area contributed by atoms with Crippen molar-refractivity contribution in [3.05, 3.63) is 176 Å². The lowest BCUT2D eigenvalue weighted by molar-refractivity contribution is 0.545. The van der Waals surface area contributed by atoms with Crippen molar-refractivity contribution in [2.75, 3.05) is 4.90 Å². The third-order valence-corrected chi connectivity index (χ3v) is 9.98. The minimum absolute atomic E-state index is 0.553. The number of hydrogen-bond donors (Lipinski definition) is 0. The number of aromatic nitrogens is 1. The maximum atomic E-state index is 2.48. The summed E-state index contributed by atoms with van der Waals surface area (Å²) in [7, 11) is 0. The van der Waals surface area contributed by atoms with Gasteiger partial charge in [0.25, 0.3) is 0 Å². The molecule has 240 valence electrons. The summed E-state index contributed by atoms with van der Waals surface area (Å²) < 4.78 is 2.48. The van der Waals surface area contributed by atoms with E-state index in [0.29, 0.717) is 5.92 Å². The SMILES string of the molecule is CC(C)Cn1c2ccccc2c2cc(N(c3ccccc3)c3ccc(-c4c5ccccc5c(-c5ccccc5)c5ccccc45)cc3)ccc21. The molecule has 0 aliphatic heterocycles. The van der Waals surface area contributed by atoms with Gasteiger partial charge in [-0.3, -0.25) is 0 Å². The first-order chi connectivity index (χ1) is 24.7. The summed E-state index contributed by atoms with van der Waals surface area (Å²) in [4.78, 5) is 2.38. The molecule has 9 rings (SSSR count). The lowest BCUT2D eigenvalue weighted by Gasteiger charge is -2.26. The minimum atomic E-state index is 0.553. The average molecular weight is 643 g/mol. The van der Waals surface area contributed by atoms with E-state index >= 15 is 0 Å². The summed E-state index contributed by atoms with van der Waals surface area (Å²) in [6, 6.07) is 64.2. The van der Waals surface area contributed by atoms with E-state index < -0.39 is 0 Å². The molecule has 0 aliphatic carbocycles. The predicted molar refractivity (Wildman–Crippen MR) is 215 cm³/mol. The van der Waals surface area contributed by atoms with Crippen molar-refractivity contribution in [1.82, 2.24) is 4.57 Å². The smallest absolute Gasteiger partial charge is 0.0492 e. The zero-order chi connectivity index (χ0) is 33.6. The Balaban J connectivity index is 1.21. The second-order valence-electron chi connectivity index (χ2n) is 13.6. The van der Waals surface area contributed by atoms with Crippen LogP contribution < -0.4 is 4.90 Å². The van der Waals surface area contributed by atoms with Crippen LogP contribution in [-0.2, 0) is 6.54 Å². The molecule has 50 heavy (non-hydrogen) atoms. The lowest BCUT2D eigenvalue weighted by atomic mass is 9.86. The van der Waals surface area contributed by atoms with Gasteiger partial charge in [-0.25, -0.2) is 0 Å². The molecule has 0 radical (unpaired) electrons. The Hall–Kier alpha value is -6.12. The standard InChI is InChI=1S/C48H38N2/c1-33(2)32-49-45-24-14-13-19-39(45)44-31-38(29-30-46(44)49)50(36-17-7-4-8-18-36)37-27-25-35(26-28-37)48-42-22-11-9-20-40(42)47(34-15-5-3-6-16-34)41-21-10-12-23-43(41)48/h3-31,33H,32H2,1-2H3. The molecule has 0 N–H and O–H groups in total. The highest BCUT2D eigenvalue weighted by Gasteiger charge is 2.19. The van der Waals surface area contributed by atoms with Gasteiger partial charge in [0.2, 0.25) is 0 Å². The maximum absolute atomic E-state index is 2.48. The molecular formula is C48H38N2. The van der Waals surface area contributed by atoms with Gasteiger partial charge in [0, 0.05) is 45.4 Å². The molecule has 0 unspecified atom stereocenters. The van der Waals surface area contributed by atoms with Crippen LogP contribution >= 0.6 is 0 Å². The van der Waals surface area contributed by atoms with Crippen LogP contribution in [0.5, 0.6) is 0 Å². The number of fused-ring (bicyclic) bond motifs is 5. The maximum Gasteiger partial charge on any atom is 0.0492 e. The van der Waals surface area contributed by atoms with E-state index in [4.69, 9.17) is 0 Å². The fourth-order valence-electron chi connectivity index (χ4n) is 7.90. The van der Waals surface area contributed by atoms with Crippen molar-refractivity contribution in [3.63, 3.8) is 0 Å². The minimum Gasteiger partial charge on any atom is -0.340 e. The topological polar surface area (TPSA) is 8.17 Å². The quantitative estimate of drug-likeness (QED) is 0.157. The molecule has 0 saturated carbocycles. The van der Waals surface area contributed by atoms with Crippen LogP contribution in [0.4, 0.5) is 17.1 Å². The number of hydrogen-bond acceptors (Lipinski definition) is 1. The van der Waals surface area contributed by atoms with E-state index in [9.17, 15) is 0 Å². The van der Waals surface area contributed by atoms with E-state index in [1.54, 1.807) is 0 Å². The number of benzene rings is 8. The summed E-state index contributed by atoms with van der Waals surface area (Å²) in [6.45, 7) is 5.57. The Bertz CT molecular complexity index is 2570. The first kappa shape index (κ1) is 30.0. The largest absolute Gasteiger partial charge is 0.340 e. The Kier molecular flexibility index (Phi) is 7.43. The fourth-order valence-corrected chi connectivity index (χ4v) is 7.90. The molecule has 1 heterocycles.